The number of carbonyl (C=O) groups is 1. The van der Waals surface area contributed by atoms with E-state index >= 15 is 0 Å². The van der Waals surface area contributed by atoms with E-state index in [0.29, 0.717) is 17.3 Å². The molecule has 0 atom stereocenters. The van der Waals surface area contributed by atoms with E-state index in [1.165, 1.54) is 29.5 Å². The number of amidine groups is 1. The molecule has 3 N–H and O–H groups in total. The summed E-state index contributed by atoms with van der Waals surface area (Å²) in [5.41, 5.74) is 0.766. The number of nitrogens with zero attached hydrogens (tertiary/aromatic N) is 4. The molecule has 1 aliphatic rings. The van der Waals surface area contributed by atoms with Gasteiger partial charge >= 0.3 is 0 Å². The first-order valence-electron chi connectivity index (χ1n) is 10.1. The fourth-order valence-electron chi connectivity index (χ4n) is 3.46. The predicted octanol–water partition coefficient (Wildman–Crippen LogP) is 4.32. The third kappa shape index (κ3) is 5.03. The molecule has 0 saturated carbocycles. The summed E-state index contributed by atoms with van der Waals surface area (Å²) >= 11 is 4.58. The maximum Gasteiger partial charge on any atom is 0.276 e. The largest absolute Gasteiger partial charge is 0.339 e. The molecule has 0 unspecified atom stereocenters. The molecule has 0 radical (unpaired) electrons. The number of benzene rings is 1. The second-order valence-electron chi connectivity index (χ2n) is 7.32. The Labute approximate surface area is 196 Å². The van der Waals surface area contributed by atoms with Gasteiger partial charge in [-0.05, 0) is 76.9 Å². The second kappa shape index (κ2) is 9.84. The number of likely N-dealkylation sites (tertiary alicyclic amines) is 1. The number of piperidine rings is 1. The smallest absolute Gasteiger partial charge is 0.276 e. The van der Waals surface area contributed by atoms with E-state index in [-0.39, 0.29) is 21.8 Å². The summed E-state index contributed by atoms with van der Waals surface area (Å²) in [5.74, 6) is -0.674. The molecule has 168 valence electrons. The molecule has 2 aromatic heterocycles. The Balaban J connectivity index is 1.40. The van der Waals surface area contributed by atoms with Gasteiger partial charge in [0.2, 0.25) is 5.82 Å². The molecule has 1 fully saturated rings. The topological polar surface area (TPSA) is 120 Å². The Bertz CT molecular complexity index is 1130. The molecular weight excluding hydrogens is 501 g/mol. The Morgan fingerprint density at radius 2 is 2.12 bits per heavy atom. The highest BCUT2D eigenvalue weighted by atomic mass is 79.9. The van der Waals surface area contributed by atoms with Crippen LogP contribution in [0.1, 0.15) is 46.9 Å². The third-order valence-corrected chi connectivity index (χ3v) is 6.90. The molecule has 0 bridgehead atoms. The van der Waals surface area contributed by atoms with Gasteiger partial charge in [0.1, 0.15) is 11.5 Å². The fourth-order valence-corrected chi connectivity index (χ4v) is 4.81. The van der Waals surface area contributed by atoms with Gasteiger partial charge in [-0.25, -0.2) is 14.0 Å². The average Bonchev–Trinajstić information content (AvgIpc) is 3.46. The number of rotatable bonds is 6. The zero-order valence-electron chi connectivity index (χ0n) is 17.2. The number of carbonyl (C=O) groups excluding carboxylic acids is 1. The first-order chi connectivity index (χ1) is 15.4. The minimum atomic E-state index is -0.451. The van der Waals surface area contributed by atoms with Crippen LogP contribution >= 0.6 is 27.3 Å². The van der Waals surface area contributed by atoms with E-state index < -0.39 is 11.7 Å². The van der Waals surface area contributed by atoms with Gasteiger partial charge in [0.05, 0.1) is 9.48 Å². The van der Waals surface area contributed by atoms with Crippen molar-refractivity contribution >= 4 is 50.5 Å². The summed E-state index contributed by atoms with van der Waals surface area (Å²) in [6, 6.07) is 4.22. The molecule has 9 nitrogen and oxygen atoms in total. The Hall–Kier alpha value is -2.70. The highest BCUT2D eigenvalue weighted by Gasteiger charge is 2.24. The van der Waals surface area contributed by atoms with Crippen molar-refractivity contribution in [2.45, 2.75) is 25.7 Å². The molecule has 3 heterocycles. The number of anilines is 2. The lowest BCUT2D eigenvalue weighted by molar-refractivity contribution is 0.102. The maximum atomic E-state index is 13.4. The zero-order chi connectivity index (χ0) is 22.7. The number of amides is 1. The lowest BCUT2D eigenvalue weighted by atomic mass is 9.98. The number of aromatic nitrogens is 3. The summed E-state index contributed by atoms with van der Waals surface area (Å²) in [7, 11) is 0. The van der Waals surface area contributed by atoms with E-state index in [2.05, 4.69) is 53.7 Å². The second-order valence-corrected chi connectivity index (χ2v) is 9.07. The minimum absolute atomic E-state index is 0.000480. The highest BCUT2D eigenvalue weighted by molar-refractivity contribution is 9.10. The van der Waals surface area contributed by atoms with Crippen LogP contribution in [-0.4, -0.2) is 51.6 Å². The summed E-state index contributed by atoms with van der Waals surface area (Å²) in [6.07, 6.45) is 2.06. The van der Waals surface area contributed by atoms with Crippen LogP contribution in [0.3, 0.4) is 0 Å². The first kappa shape index (κ1) is 22.5. The van der Waals surface area contributed by atoms with Gasteiger partial charge in [-0.15, -0.1) is 11.3 Å². The minimum Gasteiger partial charge on any atom is -0.339 e. The fraction of sp³-hybridized carbons (Fsp3) is 0.350. The number of hydrogen-bond acceptors (Lipinski definition) is 8. The normalized spacial score (nSPS) is 15.0. The Morgan fingerprint density at radius 3 is 2.84 bits per heavy atom. The van der Waals surface area contributed by atoms with Crippen LogP contribution in [0.15, 0.2) is 32.7 Å². The van der Waals surface area contributed by atoms with Gasteiger partial charge in [0, 0.05) is 17.0 Å². The van der Waals surface area contributed by atoms with Crippen LogP contribution in [0.5, 0.6) is 0 Å². The van der Waals surface area contributed by atoms with Crippen LogP contribution < -0.4 is 10.6 Å². The SMILES string of the molecule is CCN1CCC(c2nc(C(=O)Nc3nonc3C(=N)Nc3ccc(F)c(Br)c3)cs2)CC1. The average molecular weight is 522 g/mol. The molecule has 1 saturated heterocycles. The third-order valence-electron chi connectivity index (χ3n) is 5.28. The first-order valence-corrected chi connectivity index (χ1v) is 11.7. The Kier molecular flexibility index (Phi) is 6.92. The van der Waals surface area contributed by atoms with Crippen LogP contribution in [0, 0.1) is 11.2 Å². The molecule has 1 aromatic carbocycles. The van der Waals surface area contributed by atoms with Crippen molar-refractivity contribution in [3.63, 3.8) is 0 Å². The quantitative estimate of drug-likeness (QED) is 0.326. The van der Waals surface area contributed by atoms with Crippen molar-refractivity contribution in [2.24, 2.45) is 0 Å². The summed E-state index contributed by atoms with van der Waals surface area (Å²) in [4.78, 5) is 19.6. The monoisotopic (exact) mass is 521 g/mol. The van der Waals surface area contributed by atoms with E-state index in [4.69, 9.17) is 10.0 Å². The van der Waals surface area contributed by atoms with Crippen molar-refractivity contribution in [3.05, 3.63) is 50.3 Å². The lowest BCUT2D eigenvalue weighted by Crippen LogP contribution is -2.32. The lowest BCUT2D eigenvalue weighted by Gasteiger charge is -2.29. The molecule has 4 rings (SSSR count). The molecule has 1 aliphatic heterocycles. The molecule has 1 amide bonds. The molecule has 32 heavy (non-hydrogen) atoms. The van der Waals surface area contributed by atoms with E-state index in [0.717, 1.165) is 37.5 Å². The number of thiazole rings is 1. The van der Waals surface area contributed by atoms with Crippen LogP contribution in [0.4, 0.5) is 15.9 Å². The molecule has 0 aliphatic carbocycles. The summed E-state index contributed by atoms with van der Waals surface area (Å²) in [5, 5.41) is 23.7. The molecule has 3 aromatic rings. The van der Waals surface area contributed by atoms with Crippen molar-refractivity contribution in [3.8, 4) is 0 Å². The predicted molar refractivity (Wildman–Crippen MR) is 123 cm³/mol. The van der Waals surface area contributed by atoms with Crippen LogP contribution in [-0.2, 0) is 0 Å². The van der Waals surface area contributed by atoms with Gasteiger partial charge in [0.15, 0.2) is 11.5 Å². The van der Waals surface area contributed by atoms with E-state index in [1.54, 1.807) is 5.38 Å². The molecule has 12 heteroatoms. The van der Waals surface area contributed by atoms with Crippen molar-refractivity contribution in [1.82, 2.24) is 20.2 Å². The van der Waals surface area contributed by atoms with Gasteiger partial charge < -0.3 is 15.5 Å². The van der Waals surface area contributed by atoms with Gasteiger partial charge in [-0.1, -0.05) is 6.92 Å². The molecular formula is C20H21BrFN7O2S. The molecule has 0 spiro atoms. The maximum absolute atomic E-state index is 13.4. The Morgan fingerprint density at radius 1 is 1.34 bits per heavy atom. The van der Waals surface area contributed by atoms with E-state index in [9.17, 15) is 9.18 Å². The van der Waals surface area contributed by atoms with Crippen molar-refractivity contribution in [2.75, 3.05) is 30.3 Å². The highest BCUT2D eigenvalue weighted by Crippen LogP contribution is 2.30. The zero-order valence-corrected chi connectivity index (χ0v) is 19.6. The van der Waals surface area contributed by atoms with Crippen molar-refractivity contribution in [1.29, 1.82) is 5.41 Å². The summed E-state index contributed by atoms with van der Waals surface area (Å²) < 4.78 is 18.4. The van der Waals surface area contributed by atoms with E-state index in [1.807, 2.05) is 0 Å². The van der Waals surface area contributed by atoms with Gasteiger partial charge in [-0.3, -0.25) is 10.2 Å². The standard InChI is InChI=1S/C20H21BrFN7O2S/c1-2-29-7-5-11(6-8-29)20-25-15(10-32-20)19(30)26-18-16(27-31-28-18)17(23)24-12-3-4-14(22)13(21)9-12/h3-4,9-11H,2,5-8H2,1H3,(H2,23,24)(H,26,28,30). The van der Waals surface area contributed by atoms with Crippen molar-refractivity contribution < 1.29 is 13.8 Å². The number of hydrogen-bond donors (Lipinski definition) is 3. The summed E-state index contributed by atoms with van der Waals surface area (Å²) in [6.45, 7) is 5.29. The van der Waals surface area contributed by atoms with Crippen LogP contribution in [0.2, 0.25) is 0 Å². The van der Waals surface area contributed by atoms with Gasteiger partial charge in [0.25, 0.3) is 5.91 Å². The number of halogens is 2. The number of nitrogens with one attached hydrogen (secondary N) is 3. The van der Waals surface area contributed by atoms with Gasteiger partial charge in [-0.2, -0.15) is 0 Å². The van der Waals surface area contributed by atoms with Crippen LogP contribution in [0.25, 0.3) is 0 Å².